The predicted molar refractivity (Wildman–Crippen MR) is 114 cm³/mol. The van der Waals surface area contributed by atoms with E-state index in [0.717, 1.165) is 24.3 Å². The Morgan fingerprint density at radius 3 is 1.03 bits per heavy atom. The van der Waals surface area contributed by atoms with E-state index in [-0.39, 0.29) is 0 Å². The van der Waals surface area contributed by atoms with Crippen LogP contribution in [0.3, 0.4) is 0 Å². The van der Waals surface area contributed by atoms with Crippen LogP contribution in [0.2, 0.25) is 0 Å². The summed E-state index contributed by atoms with van der Waals surface area (Å²) in [6, 6.07) is 9.24. The number of halogens is 10. The average Bonchev–Trinajstić information content (AvgIpc) is 2.82. The van der Waals surface area contributed by atoms with Gasteiger partial charge in [0.05, 0.1) is 0 Å². The van der Waals surface area contributed by atoms with Gasteiger partial charge in [-0.1, -0.05) is 38.1 Å². The quantitative estimate of drug-likeness (QED) is 0.144. The van der Waals surface area contributed by atoms with Crippen molar-refractivity contribution in [1.82, 2.24) is 0 Å². The van der Waals surface area contributed by atoms with Crippen molar-refractivity contribution in [2.45, 2.75) is 50.9 Å². The SMILES string of the molecule is CC/C(=C(/CC)c1ccc(OC(=O)C(F)(F)C(F)(F)F)cc1)c1ccc(OC(=O)C(F)(F)C(F)(F)F)cc1. The fourth-order valence-electron chi connectivity index (χ4n) is 3.21. The lowest BCUT2D eigenvalue weighted by molar-refractivity contribution is -0.276. The highest BCUT2D eigenvalue weighted by Gasteiger charge is 2.65. The first-order chi connectivity index (χ1) is 17.4. The number of rotatable bonds is 8. The van der Waals surface area contributed by atoms with Gasteiger partial charge in [-0.2, -0.15) is 43.9 Å². The molecule has 2 aromatic carbocycles. The van der Waals surface area contributed by atoms with E-state index in [1.807, 2.05) is 0 Å². The predicted octanol–water partition coefficient (Wildman–Crippen LogP) is 7.62. The molecule has 0 spiro atoms. The Labute approximate surface area is 208 Å². The molecular weight excluding hydrogens is 542 g/mol. The van der Waals surface area contributed by atoms with E-state index in [0.29, 0.717) is 35.1 Å². The summed E-state index contributed by atoms with van der Waals surface area (Å²) < 4.78 is 135. The zero-order valence-corrected chi connectivity index (χ0v) is 19.4. The Kier molecular flexibility index (Phi) is 8.90. The van der Waals surface area contributed by atoms with Crippen LogP contribution in [0.5, 0.6) is 11.5 Å². The molecule has 14 heteroatoms. The second-order valence-electron chi connectivity index (χ2n) is 7.64. The summed E-state index contributed by atoms with van der Waals surface area (Å²) in [6.45, 7) is 3.47. The van der Waals surface area contributed by atoms with Crippen LogP contribution >= 0.6 is 0 Å². The second-order valence-corrected chi connectivity index (χ2v) is 7.64. The summed E-state index contributed by atoms with van der Waals surface area (Å²) >= 11 is 0. The molecule has 4 nitrogen and oxygen atoms in total. The maximum absolute atomic E-state index is 13.1. The molecular formula is C24H18F10O4. The van der Waals surface area contributed by atoms with Gasteiger partial charge in [-0.05, 0) is 59.4 Å². The smallest absolute Gasteiger partial charge is 0.422 e. The van der Waals surface area contributed by atoms with Gasteiger partial charge in [-0.25, -0.2) is 9.59 Å². The molecule has 0 aliphatic rings. The minimum atomic E-state index is -6.13. The number of carbonyl (C=O) groups is 2. The van der Waals surface area contributed by atoms with Crippen LogP contribution in [0.25, 0.3) is 11.1 Å². The molecule has 2 aromatic rings. The Hall–Kier alpha value is -3.58. The standard InChI is InChI=1S/C24H18F10O4/c1-3-17(13-5-9-15(10-6-13)37-19(35)21(25,26)23(29,30)31)18(4-2)14-7-11-16(12-8-14)38-20(36)22(27,28)24(32,33)34/h5-12H,3-4H2,1-2H3/b18-17+. The normalized spacial score (nSPS) is 13.6. The molecule has 0 aliphatic carbocycles. The van der Waals surface area contributed by atoms with Gasteiger partial charge in [0.1, 0.15) is 11.5 Å². The first-order valence-electron chi connectivity index (χ1n) is 10.6. The van der Waals surface area contributed by atoms with E-state index in [4.69, 9.17) is 0 Å². The molecule has 38 heavy (non-hydrogen) atoms. The number of hydrogen-bond acceptors (Lipinski definition) is 4. The Bertz CT molecular complexity index is 1090. The minimum absolute atomic E-state index is 0.364. The zero-order chi connectivity index (χ0) is 29.1. The lowest BCUT2D eigenvalue weighted by Gasteiger charge is -2.18. The van der Waals surface area contributed by atoms with Crippen LogP contribution in [-0.2, 0) is 9.59 Å². The van der Waals surface area contributed by atoms with Crippen LogP contribution in [0.15, 0.2) is 48.5 Å². The third-order valence-electron chi connectivity index (χ3n) is 5.12. The maximum atomic E-state index is 13.1. The molecule has 0 saturated heterocycles. The Morgan fingerprint density at radius 2 is 0.816 bits per heavy atom. The third kappa shape index (κ3) is 6.45. The highest BCUT2D eigenvalue weighted by atomic mass is 19.4. The van der Waals surface area contributed by atoms with Crippen molar-refractivity contribution in [3.63, 3.8) is 0 Å². The van der Waals surface area contributed by atoms with Gasteiger partial charge in [0.25, 0.3) is 0 Å². The van der Waals surface area contributed by atoms with Crippen molar-refractivity contribution >= 4 is 23.1 Å². The minimum Gasteiger partial charge on any atom is -0.422 e. The molecule has 208 valence electrons. The van der Waals surface area contributed by atoms with Crippen molar-refractivity contribution in [3.05, 3.63) is 59.7 Å². The maximum Gasteiger partial charge on any atom is 0.465 e. The van der Waals surface area contributed by atoms with Crippen LogP contribution < -0.4 is 9.47 Å². The number of hydrogen-bond donors (Lipinski definition) is 0. The van der Waals surface area contributed by atoms with Crippen molar-refractivity contribution in [3.8, 4) is 11.5 Å². The van der Waals surface area contributed by atoms with Gasteiger partial charge in [-0.3, -0.25) is 0 Å². The van der Waals surface area contributed by atoms with E-state index in [2.05, 4.69) is 9.47 Å². The van der Waals surface area contributed by atoms with Crippen LogP contribution in [-0.4, -0.2) is 36.1 Å². The molecule has 0 amide bonds. The van der Waals surface area contributed by atoms with E-state index in [1.165, 1.54) is 24.3 Å². The number of esters is 2. The molecule has 0 atom stereocenters. The summed E-state index contributed by atoms with van der Waals surface area (Å²) in [5.41, 5.74) is 2.21. The lowest BCUT2D eigenvalue weighted by atomic mass is 9.91. The van der Waals surface area contributed by atoms with Crippen molar-refractivity contribution in [2.24, 2.45) is 0 Å². The van der Waals surface area contributed by atoms with Gasteiger partial charge in [0.15, 0.2) is 0 Å². The molecule has 0 aromatic heterocycles. The molecule has 0 bridgehead atoms. The van der Waals surface area contributed by atoms with Crippen molar-refractivity contribution < 1.29 is 63.0 Å². The van der Waals surface area contributed by atoms with Gasteiger partial charge < -0.3 is 9.47 Å². The summed E-state index contributed by atoms with van der Waals surface area (Å²) in [5.74, 6) is -18.2. The highest BCUT2D eigenvalue weighted by Crippen LogP contribution is 2.38. The van der Waals surface area contributed by atoms with Crippen molar-refractivity contribution in [1.29, 1.82) is 0 Å². The Morgan fingerprint density at radius 1 is 0.553 bits per heavy atom. The second kappa shape index (κ2) is 11.0. The first kappa shape index (κ1) is 30.6. The van der Waals surface area contributed by atoms with E-state index >= 15 is 0 Å². The first-order valence-corrected chi connectivity index (χ1v) is 10.6. The van der Waals surface area contributed by atoms with Gasteiger partial charge >= 0.3 is 36.1 Å². The number of allylic oxidation sites excluding steroid dienone is 2. The molecule has 0 radical (unpaired) electrons. The highest BCUT2D eigenvalue weighted by molar-refractivity contribution is 5.91. The summed E-state index contributed by atoms with van der Waals surface area (Å²) in [7, 11) is 0. The molecule has 0 unspecified atom stereocenters. The molecule has 0 heterocycles. The van der Waals surface area contributed by atoms with Crippen molar-refractivity contribution in [2.75, 3.05) is 0 Å². The largest absolute Gasteiger partial charge is 0.465 e. The molecule has 0 saturated carbocycles. The fraction of sp³-hybridized carbons (Fsp3) is 0.333. The zero-order valence-electron chi connectivity index (χ0n) is 19.4. The number of alkyl halides is 10. The molecule has 0 N–H and O–H groups in total. The molecule has 0 aliphatic heterocycles. The van der Waals surface area contributed by atoms with Gasteiger partial charge in [-0.15, -0.1) is 0 Å². The average molecular weight is 560 g/mol. The van der Waals surface area contributed by atoms with Gasteiger partial charge in [0.2, 0.25) is 0 Å². The summed E-state index contributed by atoms with van der Waals surface area (Å²) in [6.07, 6.45) is -11.5. The number of benzene rings is 2. The third-order valence-corrected chi connectivity index (χ3v) is 5.12. The monoisotopic (exact) mass is 560 g/mol. The van der Waals surface area contributed by atoms with E-state index in [9.17, 15) is 53.5 Å². The Balaban J connectivity index is 2.29. The number of ether oxygens (including phenoxy) is 2. The van der Waals surface area contributed by atoms with E-state index < -0.39 is 47.6 Å². The topological polar surface area (TPSA) is 52.6 Å². The van der Waals surface area contributed by atoms with E-state index in [1.54, 1.807) is 13.8 Å². The van der Waals surface area contributed by atoms with Crippen LogP contribution in [0.4, 0.5) is 43.9 Å². The fourth-order valence-corrected chi connectivity index (χ4v) is 3.21. The summed E-state index contributed by atoms with van der Waals surface area (Å²) in [4.78, 5) is 22.5. The van der Waals surface area contributed by atoms with Crippen LogP contribution in [0.1, 0.15) is 37.8 Å². The van der Waals surface area contributed by atoms with Crippen LogP contribution in [0, 0.1) is 0 Å². The molecule has 2 rings (SSSR count). The molecule has 0 fully saturated rings. The van der Waals surface area contributed by atoms with Gasteiger partial charge in [0, 0.05) is 0 Å². The lowest BCUT2D eigenvalue weighted by Crippen LogP contribution is -2.46. The summed E-state index contributed by atoms with van der Waals surface area (Å²) in [5, 5.41) is 0. The number of carbonyl (C=O) groups excluding carboxylic acids is 2.